The number of likely N-dealkylation sites (tertiary alicyclic amines) is 5. The first kappa shape index (κ1) is 73.8. The van der Waals surface area contributed by atoms with Gasteiger partial charge in [-0.2, -0.15) is 0 Å². The van der Waals surface area contributed by atoms with Crippen LogP contribution in [0.1, 0.15) is 247 Å². The predicted molar refractivity (Wildman–Crippen MR) is 420 cm³/mol. The smallest absolute Gasteiger partial charge is 0.409 e. The summed E-state index contributed by atoms with van der Waals surface area (Å²) in [5.41, 5.74) is 12.0. The van der Waals surface area contributed by atoms with Crippen molar-refractivity contribution in [2.45, 2.75) is 222 Å². The Bertz CT molecular complexity index is 3650. The first-order valence-corrected chi connectivity index (χ1v) is 42.0. The Morgan fingerprint density at radius 3 is 1.55 bits per heavy atom. The first-order chi connectivity index (χ1) is 50.5. The largest absolute Gasteiger partial charge is 0.449 e. The van der Waals surface area contributed by atoms with Crippen molar-refractivity contribution < 1.29 is 31.5 Å². The van der Waals surface area contributed by atoms with Crippen LogP contribution in [0.3, 0.4) is 0 Å². The molecule has 1 unspecified atom stereocenters. The highest BCUT2D eigenvalue weighted by Crippen LogP contribution is 2.58. The number of allylic oxidation sites excluding steroid dienone is 2. The fourth-order valence-electron chi connectivity index (χ4n) is 24.0. The molecule has 4 aromatic rings. The van der Waals surface area contributed by atoms with Gasteiger partial charge in [0, 0.05) is 96.4 Å². The minimum absolute atomic E-state index is 0. The third-order valence-corrected chi connectivity index (χ3v) is 30.1. The lowest BCUT2D eigenvalue weighted by atomic mass is 9.60. The number of ether oxygens (including phenoxy) is 2. The number of amides is 3. The summed E-state index contributed by atoms with van der Waals surface area (Å²) >= 11 is 0. The number of aryl methyl sites for hydroxylation is 1. The average molecular weight is 1420 g/mol. The van der Waals surface area contributed by atoms with Crippen molar-refractivity contribution >= 4 is 23.7 Å². The average Bonchev–Trinajstić information content (AvgIpc) is 1.55. The Morgan fingerprint density at radius 2 is 1.02 bits per heavy atom. The number of Topliss-reactive ketones (excluding diaryl/α,β-unsaturated/α-hetero) is 1. The van der Waals surface area contributed by atoms with E-state index in [0.29, 0.717) is 23.7 Å². The fraction of sp³-hybridized carbons (Fsp3) is 0.670. The van der Waals surface area contributed by atoms with Gasteiger partial charge in [0.25, 0.3) is 0 Å². The molecule has 6 aliphatic heterocycles. The Kier molecular flexibility index (Phi) is 22.6. The zero-order valence-electron chi connectivity index (χ0n) is 64.3. The van der Waals surface area contributed by atoms with E-state index >= 15 is 0 Å². The molecule has 4 saturated carbocycles. The van der Waals surface area contributed by atoms with Crippen LogP contribution in [0, 0.1) is 52.8 Å². The molecule has 6 saturated heterocycles. The topological polar surface area (TPSA) is 127 Å². The Morgan fingerprint density at radius 1 is 0.519 bits per heavy atom. The molecule has 13 heteroatoms. The molecule has 6 heterocycles. The molecule has 3 amide bonds. The molecule has 4 spiro atoms. The maximum atomic E-state index is 13.0. The number of nitrogens with zero attached hydrogens (tertiary/aromatic N) is 5. The van der Waals surface area contributed by atoms with Crippen molar-refractivity contribution in [3.05, 3.63) is 154 Å². The van der Waals surface area contributed by atoms with Crippen molar-refractivity contribution in [1.29, 1.82) is 0 Å². The van der Waals surface area contributed by atoms with Gasteiger partial charge in [-0.1, -0.05) is 143 Å². The molecule has 0 aromatic heterocycles. The van der Waals surface area contributed by atoms with Crippen molar-refractivity contribution in [3.63, 3.8) is 0 Å². The van der Waals surface area contributed by atoms with Crippen molar-refractivity contribution in [3.8, 4) is 0 Å². The highest BCUT2D eigenvalue weighted by molar-refractivity contribution is 6.06. The Labute approximate surface area is 627 Å². The van der Waals surface area contributed by atoms with Gasteiger partial charge in [-0.3, -0.25) is 14.4 Å². The summed E-state index contributed by atoms with van der Waals surface area (Å²) in [7, 11) is 0. The van der Waals surface area contributed by atoms with Crippen LogP contribution in [0.5, 0.6) is 0 Å². The molecule has 19 rings (SSSR count). The van der Waals surface area contributed by atoms with Crippen molar-refractivity contribution in [2.24, 2.45) is 52.8 Å². The summed E-state index contributed by atoms with van der Waals surface area (Å²) in [6, 6.07) is 35.5. The van der Waals surface area contributed by atoms with E-state index in [1.54, 1.807) is 25.0 Å². The highest BCUT2D eigenvalue weighted by Gasteiger charge is 2.58. The number of benzene rings is 4. The minimum Gasteiger partial charge on any atom is -0.449 e. The quantitative estimate of drug-likeness (QED) is 0.132. The Hall–Kier alpha value is -5.70. The van der Waals surface area contributed by atoms with Gasteiger partial charge < -0.3 is 44.6 Å². The van der Waals surface area contributed by atoms with Crippen LogP contribution in [-0.4, -0.2) is 160 Å². The lowest BCUT2D eigenvalue weighted by Gasteiger charge is -2.47. The van der Waals surface area contributed by atoms with Gasteiger partial charge in [-0.05, 0) is 285 Å². The van der Waals surface area contributed by atoms with Gasteiger partial charge in [0.2, 0.25) is 11.8 Å². The van der Waals surface area contributed by atoms with E-state index in [-0.39, 0.29) is 54.5 Å². The maximum Gasteiger partial charge on any atom is 0.409 e. The molecule has 6 atom stereocenters. The van der Waals surface area contributed by atoms with Gasteiger partial charge in [-0.15, -0.1) is 0 Å². The van der Waals surface area contributed by atoms with Crippen molar-refractivity contribution in [1.82, 2.24) is 35.1 Å². The summed E-state index contributed by atoms with van der Waals surface area (Å²) in [4.78, 5) is 61.2. The standard InChI is InChI=1S/C25H37N3O3.C24H34N2O.C23H29NO.C19H27NO.2H2/c1-3-16-31-24(30)28-12-8-20(9-13-28)18-27-14-10-25(11-15-27)17-23(26-19(2)29)21-6-4-5-7-22(21)25;1-17(27)25-23-15-24(22-5-3-2-4-21(22)23)10-12-26(13-11-24)16-20-14-18-6-8-19(20)9-7-18;1-22(2)21(25)19-5-3-4-6-20(19)23(22)9-11-24(12-10-23)15-18-14-16-7-8-17(18)13-16;1-2-4-18-17(3-1)5-8-19(18)9-11-20(12-10-19)15-16-6-13-21-14-7-16;;/h4-7,20,23H,3,8-18H2,1-2H3,(H,26,29);2-5,18-20,23H,6-16H2,1H3,(H,25,27);3-8,16-18H,9-15H2,1-2H3;1-4,16H,5-15H2;2*1H/t23-;18?,19?,20?,23-;16-,17-,18-;;;/m001.../s1. The molecule has 9 aliphatic carbocycles. The number of carbonyl (C=O) groups is 4. The van der Waals surface area contributed by atoms with Crippen molar-refractivity contribution in [2.75, 3.05) is 111 Å². The second-order valence-corrected chi connectivity index (χ2v) is 36.3. The molecule has 4 aromatic carbocycles. The minimum atomic E-state index is -0.266. The number of carbonyl (C=O) groups excluding carboxylic acids is 4. The van der Waals surface area contributed by atoms with E-state index in [0.717, 1.165) is 164 Å². The lowest BCUT2D eigenvalue weighted by molar-refractivity contribution is -0.120. The summed E-state index contributed by atoms with van der Waals surface area (Å²) in [5.74, 6) is 7.64. The Balaban J connectivity index is 0.000000125. The summed E-state index contributed by atoms with van der Waals surface area (Å²) in [6.07, 6.45) is 35.2. The summed E-state index contributed by atoms with van der Waals surface area (Å²) < 4.78 is 10.8. The fourth-order valence-corrected chi connectivity index (χ4v) is 24.0. The maximum absolute atomic E-state index is 13.0. The van der Waals surface area contributed by atoms with E-state index in [9.17, 15) is 19.2 Å². The number of rotatable bonds is 12. The van der Waals surface area contributed by atoms with Crippen LogP contribution in [-0.2, 0) is 47.1 Å². The molecular weight excluding hydrogens is 1290 g/mol. The van der Waals surface area contributed by atoms with Gasteiger partial charge in [-0.25, -0.2) is 4.79 Å². The van der Waals surface area contributed by atoms with Crippen LogP contribution >= 0.6 is 0 Å². The molecule has 4 bridgehead atoms. The van der Waals surface area contributed by atoms with E-state index < -0.39 is 0 Å². The molecule has 15 aliphatic rings. The molecule has 566 valence electrons. The molecular formula is C91H131N7O6. The lowest BCUT2D eigenvalue weighted by Crippen LogP contribution is -2.50. The summed E-state index contributed by atoms with van der Waals surface area (Å²) in [6.45, 7) is 28.4. The van der Waals surface area contributed by atoms with Crippen LogP contribution < -0.4 is 10.6 Å². The number of fused-ring (bicyclic) bond motifs is 13. The monoisotopic (exact) mass is 1420 g/mol. The molecule has 10 fully saturated rings. The molecule has 2 N–H and O–H groups in total. The van der Waals surface area contributed by atoms with E-state index in [4.69, 9.17) is 9.47 Å². The SMILES string of the molecule is CC(=O)N[C@H]1CC2(CCN(CC3CC4CCC3CC4)CC2)c2ccccc21.CC1(C)C(=O)c2ccccc2C12CCN(C[C@H]1C[C@@H]3C=C[C@@H]1C3)CC2.CCCOC(=O)N1CCC(CN2CCC3(CC2)C[C@H](NC(C)=O)c2ccccc23)CC1.[HH].[HH].c1ccc2c(c1)CCC21CCN(CC2CCOCC2)CC1. The second-order valence-electron chi connectivity index (χ2n) is 36.3. The number of ketones is 1. The highest BCUT2D eigenvalue weighted by atomic mass is 16.6. The van der Waals surface area contributed by atoms with E-state index in [2.05, 4.69) is 141 Å². The first-order valence-electron chi connectivity index (χ1n) is 42.0. The van der Waals surface area contributed by atoms with Gasteiger partial charge >= 0.3 is 6.09 Å². The number of nitrogens with one attached hydrogen (secondary N) is 2. The van der Waals surface area contributed by atoms with Gasteiger partial charge in [0.05, 0.1) is 18.7 Å². The van der Waals surface area contributed by atoms with Gasteiger partial charge in [0.1, 0.15) is 0 Å². The molecule has 13 nitrogen and oxygen atoms in total. The van der Waals surface area contributed by atoms with Crippen LogP contribution in [0.2, 0.25) is 0 Å². The third-order valence-electron chi connectivity index (χ3n) is 30.1. The van der Waals surface area contributed by atoms with E-state index in [1.165, 1.54) is 170 Å². The number of hydrogen-bond donors (Lipinski definition) is 2. The zero-order chi connectivity index (χ0) is 71.6. The number of hydrogen-bond acceptors (Lipinski definition) is 10. The normalized spacial score (nSPS) is 29.6. The molecule has 104 heavy (non-hydrogen) atoms. The summed E-state index contributed by atoms with van der Waals surface area (Å²) in [5, 5.41) is 6.39. The third kappa shape index (κ3) is 15.4. The van der Waals surface area contributed by atoms with Crippen LogP contribution in [0.25, 0.3) is 0 Å². The predicted octanol–water partition coefficient (Wildman–Crippen LogP) is 16.6. The van der Waals surface area contributed by atoms with Gasteiger partial charge in [0.15, 0.2) is 5.78 Å². The van der Waals surface area contributed by atoms with Crippen LogP contribution in [0.15, 0.2) is 109 Å². The second kappa shape index (κ2) is 31.9. The van der Waals surface area contributed by atoms with Crippen LogP contribution in [0.4, 0.5) is 4.79 Å². The zero-order valence-corrected chi connectivity index (χ0v) is 64.3. The molecule has 0 radical (unpaired) electrons. The van der Waals surface area contributed by atoms with E-state index in [1.807, 2.05) is 24.0 Å². The number of piperidine rings is 5.